The molecule has 0 bridgehead atoms. The van der Waals surface area contributed by atoms with Crippen LogP contribution in [0.2, 0.25) is 0 Å². The molecule has 0 saturated carbocycles. The number of halogens is 2. The first-order valence-corrected chi connectivity index (χ1v) is 7.28. The van der Waals surface area contributed by atoms with Crippen LogP contribution in [0.4, 0.5) is 0 Å². The van der Waals surface area contributed by atoms with Gasteiger partial charge < -0.3 is 9.30 Å². The summed E-state index contributed by atoms with van der Waals surface area (Å²) in [5.74, 6) is 1.37. The molecule has 0 fully saturated rings. The largest absolute Gasteiger partial charge is 0.385 e. The van der Waals surface area contributed by atoms with E-state index in [1.807, 2.05) is 12.1 Å². The van der Waals surface area contributed by atoms with E-state index in [0.29, 0.717) is 5.88 Å². The fraction of sp³-hybridized carbons (Fsp3) is 0.462. The van der Waals surface area contributed by atoms with Crippen molar-refractivity contribution in [2.24, 2.45) is 0 Å². The van der Waals surface area contributed by atoms with Crippen LogP contribution in [0.1, 0.15) is 18.7 Å². The van der Waals surface area contributed by atoms with Crippen molar-refractivity contribution < 1.29 is 4.74 Å². The van der Waals surface area contributed by atoms with E-state index in [4.69, 9.17) is 16.3 Å². The maximum Gasteiger partial charge on any atom is 0.124 e. The Bertz CT molecular complexity index is 527. The summed E-state index contributed by atoms with van der Waals surface area (Å²) in [6, 6.07) is 6.11. The zero-order valence-corrected chi connectivity index (χ0v) is 12.7. The van der Waals surface area contributed by atoms with Gasteiger partial charge in [0, 0.05) is 24.7 Å². The third-order valence-electron chi connectivity index (χ3n) is 2.89. The summed E-state index contributed by atoms with van der Waals surface area (Å²) in [6.45, 7) is 1.73. The van der Waals surface area contributed by atoms with Crippen LogP contribution in [0.25, 0.3) is 11.0 Å². The molecule has 0 saturated heterocycles. The fourth-order valence-electron chi connectivity index (χ4n) is 2.01. The summed E-state index contributed by atoms with van der Waals surface area (Å²) >= 11 is 9.46. The minimum atomic E-state index is 0.441. The van der Waals surface area contributed by atoms with Gasteiger partial charge >= 0.3 is 0 Å². The van der Waals surface area contributed by atoms with Gasteiger partial charge in [0.05, 0.1) is 16.9 Å². The highest BCUT2D eigenvalue weighted by atomic mass is 79.9. The maximum absolute atomic E-state index is 5.96. The van der Waals surface area contributed by atoms with Gasteiger partial charge in [0.15, 0.2) is 0 Å². The smallest absolute Gasteiger partial charge is 0.124 e. The van der Waals surface area contributed by atoms with Crippen molar-refractivity contribution in [3.05, 3.63) is 28.5 Å². The molecule has 1 aromatic heterocycles. The van der Waals surface area contributed by atoms with Crippen LogP contribution in [0.15, 0.2) is 22.7 Å². The van der Waals surface area contributed by atoms with Gasteiger partial charge in [-0.1, -0.05) is 15.9 Å². The number of ether oxygens (including phenoxy) is 1. The molecule has 0 N–H and O–H groups in total. The van der Waals surface area contributed by atoms with E-state index < -0.39 is 0 Å². The first-order valence-electron chi connectivity index (χ1n) is 5.96. The number of rotatable bonds is 6. The Labute approximate surface area is 120 Å². The highest BCUT2D eigenvalue weighted by Crippen LogP contribution is 2.22. The molecule has 0 aliphatic rings. The number of hydrogen-bond acceptors (Lipinski definition) is 2. The van der Waals surface area contributed by atoms with Gasteiger partial charge in [-0.15, -0.1) is 11.6 Å². The lowest BCUT2D eigenvalue weighted by atomic mass is 10.3. The number of unbranched alkanes of at least 4 members (excludes halogenated alkanes) is 1. The molecule has 3 nitrogen and oxygen atoms in total. The van der Waals surface area contributed by atoms with E-state index in [1.54, 1.807) is 7.11 Å². The summed E-state index contributed by atoms with van der Waals surface area (Å²) in [4.78, 5) is 4.55. The van der Waals surface area contributed by atoms with E-state index in [1.165, 1.54) is 0 Å². The summed E-state index contributed by atoms with van der Waals surface area (Å²) in [5.41, 5.74) is 2.14. The predicted molar refractivity (Wildman–Crippen MR) is 78.1 cm³/mol. The maximum atomic E-state index is 5.96. The number of alkyl halides is 1. The molecule has 0 spiro atoms. The number of hydrogen-bond donors (Lipinski definition) is 0. The number of fused-ring (bicyclic) bond motifs is 1. The first kappa shape index (κ1) is 13.8. The second-order valence-electron chi connectivity index (χ2n) is 4.15. The van der Waals surface area contributed by atoms with Crippen molar-refractivity contribution in [3.63, 3.8) is 0 Å². The molecule has 0 unspecified atom stereocenters. The lowest BCUT2D eigenvalue weighted by molar-refractivity contribution is 0.191. The highest BCUT2D eigenvalue weighted by Gasteiger charge is 2.09. The number of aryl methyl sites for hydroxylation is 1. The molecule has 0 amide bonds. The third kappa shape index (κ3) is 3.05. The molecule has 2 aromatic rings. The monoisotopic (exact) mass is 330 g/mol. The van der Waals surface area contributed by atoms with Crippen LogP contribution in [0.5, 0.6) is 0 Å². The minimum absolute atomic E-state index is 0.441. The molecular weight excluding hydrogens is 316 g/mol. The Morgan fingerprint density at radius 2 is 2.22 bits per heavy atom. The van der Waals surface area contributed by atoms with Crippen molar-refractivity contribution in [2.45, 2.75) is 25.3 Å². The Morgan fingerprint density at radius 3 is 2.94 bits per heavy atom. The molecule has 0 aliphatic heterocycles. The van der Waals surface area contributed by atoms with Crippen LogP contribution in [-0.2, 0) is 17.2 Å². The van der Waals surface area contributed by atoms with Crippen molar-refractivity contribution in [3.8, 4) is 0 Å². The van der Waals surface area contributed by atoms with Gasteiger partial charge in [-0.25, -0.2) is 4.98 Å². The van der Waals surface area contributed by atoms with Gasteiger partial charge in [0.2, 0.25) is 0 Å². The Kier molecular flexibility index (Phi) is 5.03. The molecule has 2 rings (SSSR count). The summed E-state index contributed by atoms with van der Waals surface area (Å²) in [7, 11) is 1.73. The van der Waals surface area contributed by atoms with Gasteiger partial charge in [-0.05, 0) is 31.0 Å². The van der Waals surface area contributed by atoms with Gasteiger partial charge in [-0.3, -0.25) is 0 Å². The van der Waals surface area contributed by atoms with Gasteiger partial charge in [0.25, 0.3) is 0 Å². The van der Waals surface area contributed by atoms with Crippen LogP contribution >= 0.6 is 27.5 Å². The average Bonchev–Trinajstić information content (AvgIpc) is 2.72. The van der Waals surface area contributed by atoms with Crippen molar-refractivity contribution in [1.29, 1.82) is 0 Å². The van der Waals surface area contributed by atoms with E-state index in [9.17, 15) is 0 Å². The zero-order valence-electron chi connectivity index (χ0n) is 10.3. The number of imidazole rings is 1. The molecule has 1 aromatic carbocycles. The van der Waals surface area contributed by atoms with Crippen LogP contribution in [0, 0.1) is 0 Å². The Morgan fingerprint density at radius 1 is 1.39 bits per heavy atom. The number of nitrogens with zero attached hydrogens (tertiary/aromatic N) is 2. The van der Waals surface area contributed by atoms with Crippen LogP contribution in [-0.4, -0.2) is 23.3 Å². The molecule has 1 heterocycles. The van der Waals surface area contributed by atoms with Crippen LogP contribution in [0.3, 0.4) is 0 Å². The first-order chi connectivity index (χ1) is 8.76. The van der Waals surface area contributed by atoms with Gasteiger partial charge in [0.1, 0.15) is 5.82 Å². The number of benzene rings is 1. The molecule has 0 atom stereocenters. The SMILES string of the molecule is COCCCCn1c(CCl)nc2ccc(Br)cc21. The second kappa shape index (κ2) is 6.55. The lowest BCUT2D eigenvalue weighted by Crippen LogP contribution is -2.03. The summed E-state index contributed by atoms with van der Waals surface area (Å²) in [5, 5.41) is 0. The third-order valence-corrected chi connectivity index (χ3v) is 3.62. The lowest BCUT2D eigenvalue weighted by Gasteiger charge is -2.07. The second-order valence-corrected chi connectivity index (χ2v) is 5.33. The van der Waals surface area contributed by atoms with E-state index in [0.717, 1.165) is 47.3 Å². The van der Waals surface area contributed by atoms with Crippen LogP contribution < -0.4 is 0 Å². The average molecular weight is 332 g/mol. The van der Waals surface area contributed by atoms with Crippen molar-refractivity contribution in [2.75, 3.05) is 13.7 Å². The topological polar surface area (TPSA) is 27.1 Å². The van der Waals surface area contributed by atoms with Crippen molar-refractivity contribution >= 4 is 38.6 Å². The van der Waals surface area contributed by atoms with E-state index in [-0.39, 0.29) is 0 Å². The molecule has 5 heteroatoms. The minimum Gasteiger partial charge on any atom is -0.385 e. The molecular formula is C13H16BrClN2O. The number of methoxy groups -OCH3 is 1. The Hall–Kier alpha value is -0.580. The Balaban J connectivity index is 2.25. The van der Waals surface area contributed by atoms with E-state index in [2.05, 4.69) is 31.5 Å². The van der Waals surface area contributed by atoms with Crippen molar-refractivity contribution in [1.82, 2.24) is 9.55 Å². The number of aromatic nitrogens is 2. The molecule has 0 aliphatic carbocycles. The molecule has 98 valence electrons. The van der Waals surface area contributed by atoms with Gasteiger partial charge in [-0.2, -0.15) is 0 Å². The molecule has 18 heavy (non-hydrogen) atoms. The summed E-state index contributed by atoms with van der Waals surface area (Å²) in [6.07, 6.45) is 2.11. The quantitative estimate of drug-likeness (QED) is 0.591. The fourth-order valence-corrected chi connectivity index (χ4v) is 2.57. The highest BCUT2D eigenvalue weighted by molar-refractivity contribution is 9.10. The standard InChI is InChI=1S/C13H16BrClN2O/c1-18-7-3-2-6-17-12-8-10(14)4-5-11(12)16-13(17)9-15/h4-5,8H,2-3,6-7,9H2,1H3. The predicted octanol–water partition coefficient (Wildman–Crippen LogP) is 3.96. The zero-order chi connectivity index (χ0) is 13.0. The summed E-state index contributed by atoms with van der Waals surface area (Å²) < 4.78 is 8.33. The van der Waals surface area contributed by atoms with E-state index >= 15 is 0 Å². The molecule has 0 radical (unpaired) electrons. The normalized spacial score (nSPS) is 11.3.